The molecule has 2 heterocycles. The second-order valence-corrected chi connectivity index (χ2v) is 5.00. The average molecular weight is 287 g/mol. The third kappa shape index (κ3) is 2.12. The van der Waals surface area contributed by atoms with Crippen LogP contribution < -0.4 is 5.73 Å². The van der Waals surface area contributed by atoms with E-state index in [1.807, 2.05) is 24.3 Å². The van der Waals surface area contributed by atoms with Crippen molar-refractivity contribution in [2.24, 2.45) is 5.73 Å². The van der Waals surface area contributed by atoms with Gasteiger partial charge in [-0.1, -0.05) is 18.2 Å². The summed E-state index contributed by atoms with van der Waals surface area (Å²) in [5.74, 6) is -0.455. The van der Waals surface area contributed by atoms with Crippen molar-refractivity contribution in [2.45, 2.75) is 19.4 Å². The van der Waals surface area contributed by atoms with Crippen molar-refractivity contribution in [1.29, 1.82) is 0 Å². The smallest absolute Gasteiger partial charge is 0.335 e. The Labute approximate surface area is 121 Å². The number of nitrogens with one attached hydrogen (secondary N) is 1. The van der Waals surface area contributed by atoms with Crippen molar-refractivity contribution in [1.82, 2.24) is 9.88 Å². The Bertz CT molecular complexity index is 707. The van der Waals surface area contributed by atoms with E-state index in [1.165, 1.54) is 4.90 Å². The van der Waals surface area contributed by atoms with E-state index in [0.717, 1.165) is 16.5 Å². The molecule has 3 N–H and O–H groups in total. The molecule has 110 valence electrons. The minimum Gasteiger partial charge on any atom is -0.464 e. The summed E-state index contributed by atoms with van der Waals surface area (Å²) in [6, 6.07) is 6.43. The number of carbonyl (C=O) groups is 2. The normalized spacial score (nSPS) is 17.6. The van der Waals surface area contributed by atoms with Gasteiger partial charge in [-0.15, -0.1) is 0 Å². The van der Waals surface area contributed by atoms with Gasteiger partial charge in [0.1, 0.15) is 0 Å². The van der Waals surface area contributed by atoms with Gasteiger partial charge in [0.25, 0.3) is 0 Å². The number of aromatic nitrogens is 1. The highest BCUT2D eigenvalue weighted by atomic mass is 16.5. The summed E-state index contributed by atoms with van der Waals surface area (Å²) in [6.07, 6.45) is 0.665. The average Bonchev–Trinajstić information content (AvgIpc) is 2.84. The van der Waals surface area contributed by atoms with Crippen molar-refractivity contribution < 1.29 is 14.3 Å². The van der Waals surface area contributed by atoms with Crippen molar-refractivity contribution in [3.63, 3.8) is 0 Å². The zero-order valence-corrected chi connectivity index (χ0v) is 11.8. The number of urea groups is 1. The Hall–Kier alpha value is -2.50. The number of H-pyrrole nitrogens is 1. The predicted molar refractivity (Wildman–Crippen MR) is 77.7 cm³/mol. The minimum absolute atomic E-state index is 0.261. The van der Waals surface area contributed by atoms with Gasteiger partial charge in [-0.3, -0.25) is 0 Å². The van der Waals surface area contributed by atoms with Crippen LogP contribution in [-0.2, 0) is 16.0 Å². The molecule has 0 aliphatic carbocycles. The molecule has 1 aromatic heterocycles. The first-order valence-electron chi connectivity index (χ1n) is 6.95. The number of carbonyl (C=O) groups excluding carboxylic acids is 2. The van der Waals surface area contributed by atoms with Gasteiger partial charge in [0.2, 0.25) is 0 Å². The molecule has 0 spiro atoms. The lowest BCUT2D eigenvalue weighted by Crippen LogP contribution is -2.46. The lowest BCUT2D eigenvalue weighted by molar-refractivity contribution is -0.149. The van der Waals surface area contributed by atoms with Crippen LogP contribution in [0.2, 0.25) is 0 Å². The highest BCUT2D eigenvalue weighted by Crippen LogP contribution is 2.35. The van der Waals surface area contributed by atoms with Gasteiger partial charge in [0.15, 0.2) is 6.04 Å². The van der Waals surface area contributed by atoms with Crippen LogP contribution in [0.25, 0.3) is 10.9 Å². The molecule has 1 unspecified atom stereocenters. The zero-order chi connectivity index (χ0) is 15.0. The highest BCUT2D eigenvalue weighted by Gasteiger charge is 2.38. The molecule has 1 atom stereocenters. The second-order valence-electron chi connectivity index (χ2n) is 5.00. The van der Waals surface area contributed by atoms with Crippen LogP contribution in [-0.4, -0.2) is 35.0 Å². The van der Waals surface area contributed by atoms with Crippen molar-refractivity contribution in [2.75, 3.05) is 13.2 Å². The molecular weight excluding hydrogens is 270 g/mol. The first-order valence-corrected chi connectivity index (χ1v) is 6.95. The molecule has 1 aromatic carbocycles. The summed E-state index contributed by atoms with van der Waals surface area (Å²) in [4.78, 5) is 28.5. The largest absolute Gasteiger partial charge is 0.464 e. The highest BCUT2D eigenvalue weighted by molar-refractivity contribution is 5.91. The number of hydrogen-bond acceptors (Lipinski definition) is 3. The molecule has 0 fully saturated rings. The number of fused-ring (bicyclic) bond motifs is 3. The topological polar surface area (TPSA) is 88.4 Å². The van der Waals surface area contributed by atoms with E-state index in [9.17, 15) is 9.59 Å². The monoisotopic (exact) mass is 287 g/mol. The zero-order valence-electron chi connectivity index (χ0n) is 11.8. The SMILES string of the molecule is CCOC(=O)C1c2[nH]c3ccccc3c2CCN1C(N)=O. The van der Waals surface area contributed by atoms with Crippen LogP contribution in [0.3, 0.4) is 0 Å². The van der Waals surface area contributed by atoms with E-state index in [2.05, 4.69) is 4.98 Å². The third-order valence-electron chi connectivity index (χ3n) is 3.83. The molecule has 0 radical (unpaired) electrons. The van der Waals surface area contributed by atoms with E-state index < -0.39 is 18.0 Å². The lowest BCUT2D eigenvalue weighted by Gasteiger charge is -2.32. The molecule has 0 bridgehead atoms. The molecular formula is C15H17N3O3. The molecule has 2 aromatic rings. The maximum absolute atomic E-state index is 12.3. The lowest BCUT2D eigenvalue weighted by atomic mass is 9.97. The Balaban J connectivity index is 2.13. The first-order chi connectivity index (χ1) is 10.1. The maximum atomic E-state index is 12.3. The van der Waals surface area contributed by atoms with Gasteiger partial charge >= 0.3 is 12.0 Å². The molecule has 2 amide bonds. The van der Waals surface area contributed by atoms with Gasteiger partial charge in [0.05, 0.1) is 12.3 Å². The third-order valence-corrected chi connectivity index (χ3v) is 3.83. The van der Waals surface area contributed by atoms with Crippen LogP contribution in [0.15, 0.2) is 24.3 Å². The number of nitrogens with two attached hydrogens (primary N) is 1. The van der Waals surface area contributed by atoms with Crippen LogP contribution in [0.5, 0.6) is 0 Å². The minimum atomic E-state index is -0.793. The maximum Gasteiger partial charge on any atom is 0.335 e. The number of hydrogen-bond donors (Lipinski definition) is 2. The van der Waals surface area contributed by atoms with Gasteiger partial charge in [-0.25, -0.2) is 9.59 Å². The first kappa shape index (κ1) is 13.5. The fourth-order valence-electron chi connectivity index (χ4n) is 2.94. The molecule has 3 rings (SSSR count). The predicted octanol–water partition coefficient (Wildman–Crippen LogP) is 1.71. The Morgan fingerprint density at radius 1 is 1.43 bits per heavy atom. The Morgan fingerprint density at radius 3 is 2.90 bits per heavy atom. The molecule has 0 saturated carbocycles. The summed E-state index contributed by atoms with van der Waals surface area (Å²) < 4.78 is 5.11. The van der Waals surface area contributed by atoms with Crippen LogP contribution in [0.1, 0.15) is 24.2 Å². The molecule has 6 heteroatoms. The summed E-state index contributed by atoms with van der Waals surface area (Å²) in [6.45, 7) is 2.41. The van der Waals surface area contributed by atoms with E-state index in [4.69, 9.17) is 10.5 Å². The summed E-state index contributed by atoms with van der Waals surface area (Å²) >= 11 is 0. The number of ether oxygens (including phenoxy) is 1. The number of esters is 1. The van der Waals surface area contributed by atoms with Gasteiger partial charge in [-0.2, -0.15) is 0 Å². The molecule has 6 nitrogen and oxygen atoms in total. The number of aromatic amines is 1. The van der Waals surface area contributed by atoms with E-state index in [1.54, 1.807) is 6.92 Å². The quantitative estimate of drug-likeness (QED) is 0.824. The molecule has 1 aliphatic rings. The van der Waals surface area contributed by atoms with E-state index in [0.29, 0.717) is 18.7 Å². The summed E-state index contributed by atoms with van der Waals surface area (Å²) in [5.41, 5.74) is 8.12. The molecule has 21 heavy (non-hydrogen) atoms. The van der Waals surface area contributed by atoms with Crippen molar-refractivity contribution >= 4 is 22.9 Å². The number of rotatable bonds is 2. The number of benzene rings is 1. The summed E-state index contributed by atoms with van der Waals surface area (Å²) in [7, 11) is 0. The van der Waals surface area contributed by atoms with Crippen molar-refractivity contribution in [3.05, 3.63) is 35.5 Å². The molecule has 1 aliphatic heterocycles. The van der Waals surface area contributed by atoms with Gasteiger partial charge in [0, 0.05) is 17.4 Å². The number of amides is 2. The van der Waals surface area contributed by atoms with Gasteiger partial charge in [-0.05, 0) is 25.0 Å². The Kier molecular flexibility index (Phi) is 3.29. The van der Waals surface area contributed by atoms with E-state index >= 15 is 0 Å². The number of para-hydroxylation sites is 1. The van der Waals surface area contributed by atoms with Gasteiger partial charge < -0.3 is 20.4 Å². The fourth-order valence-corrected chi connectivity index (χ4v) is 2.94. The van der Waals surface area contributed by atoms with Crippen LogP contribution >= 0.6 is 0 Å². The van der Waals surface area contributed by atoms with Crippen LogP contribution in [0, 0.1) is 0 Å². The van der Waals surface area contributed by atoms with Crippen LogP contribution in [0.4, 0.5) is 4.79 Å². The molecule has 0 saturated heterocycles. The fraction of sp³-hybridized carbons (Fsp3) is 0.333. The Morgan fingerprint density at radius 2 is 2.19 bits per heavy atom. The second kappa shape index (κ2) is 5.12. The van der Waals surface area contributed by atoms with Crippen molar-refractivity contribution in [3.8, 4) is 0 Å². The number of nitrogens with zero attached hydrogens (tertiary/aromatic N) is 1. The van der Waals surface area contributed by atoms with E-state index in [-0.39, 0.29) is 6.61 Å². The summed E-state index contributed by atoms with van der Waals surface area (Å²) in [5, 5.41) is 1.07. The number of primary amides is 1. The standard InChI is InChI=1S/C15H17N3O3/c1-2-21-14(19)13-12-10(7-8-18(13)15(16)20)9-5-3-4-6-11(9)17-12/h3-6,13,17H,2,7-8H2,1H3,(H2,16,20).